The second kappa shape index (κ2) is 9.38. The molecule has 1 fully saturated rings. The number of fused-ring (bicyclic) bond motifs is 1. The number of benzene rings is 3. The summed E-state index contributed by atoms with van der Waals surface area (Å²) < 4.78 is 20.8. The number of halogens is 2. The van der Waals surface area contributed by atoms with Gasteiger partial charge in [0.05, 0.1) is 28.4 Å². The molecule has 0 aliphatic carbocycles. The SMILES string of the molecule is CCOc1cccc(C(O)=C2C(=O)C(=O)N(c3nc4ccc(F)cc4s3)C2c2ccc(I)cc2)c1. The van der Waals surface area contributed by atoms with Crippen molar-refractivity contribution in [3.63, 3.8) is 0 Å². The number of amides is 1. The number of Topliss-reactive ketones (excluding diaryl/α,β-unsaturated/α-hetero) is 1. The van der Waals surface area contributed by atoms with Crippen molar-refractivity contribution < 1.29 is 23.8 Å². The van der Waals surface area contributed by atoms with Crippen molar-refractivity contribution >= 4 is 66.7 Å². The van der Waals surface area contributed by atoms with E-state index in [0.29, 0.717) is 33.7 Å². The van der Waals surface area contributed by atoms with Gasteiger partial charge in [-0.1, -0.05) is 35.6 Å². The number of aliphatic hydroxyl groups is 1. The van der Waals surface area contributed by atoms with Crippen molar-refractivity contribution in [2.75, 3.05) is 11.5 Å². The van der Waals surface area contributed by atoms with Crippen LogP contribution in [0.5, 0.6) is 5.75 Å². The highest BCUT2D eigenvalue weighted by Crippen LogP contribution is 2.44. The maximum atomic E-state index is 13.8. The minimum atomic E-state index is -0.909. The molecule has 1 aliphatic heterocycles. The molecule has 0 bridgehead atoms. The molecule has 2 heterocycles. The molecule has 0 radical (unpaired) electrons. The van der Waals surface area contributed by atoms with Crippen LogP contribution in [0.25, 0.3) is 16.0 Å². The summed E-state index contributed by atoms with van der Waals surface area (Å²) in [5.41, 5.74) is 1.46. The molecule has 0 spiro atoms. The van der Waals surface area contributed by atoms with E-state index in [0.717, 1.165) is 14.9 Å². The minimum Gasteiger partial charge on any atom is -0.507 e. The van der Waals surface area contributed by atoms with Crippen molar-refractivity contribution in [3.8, 4) is 5.75 Å². The second-order valence-electron chi connectivity index (χ2n) is 7.79. The van der Waals surface area contributed by atoms with Crippen molar-refractivity contribution in [1.29, 1.82) is 0 Å². The lowest BCUT2D eigenvalue weighted by Crippen LogP contribution is -2.29. The molecule has 1 N–H and O–H groups in total. The standard InChI is InChI=1S/C26H18FIN2O4S/c1-2-34-18-5-3-4-15(12-18)23(31)21-22(14-6-9-17(28)10-7-14)30(25(33)24(21)32)26-29-19-11-8-16(27)13-20(19)35-26/h3-13,22,31H,2H2,1H3. The number of hydrogen-bond acceptors (Lipinski definition) is 6. The highest BCUT2D eigenvalue weighted by molar-refractivity contribution is 14.1. The zero-order valence-corrected chi connectivity index (χ0v) is 21.3. The lowest BCUT2D eigenvalue weighted by atomic mass is 9.95. The molecule has 3 aromatic carbocycles. The predicted octanol–water partition coefficient (Wildman–Crippen LogP) is 6.07. The van der Waals surface area contributed by atoms with Crippen molar-refractivity contribution in [1.82, 2.24) is 4.98 Å². The fraction of sp³-hybridized carbons (Fsp3) is 0.115. The third-order valence-electron chi connectivity index (χ3n) is 5.59. The molecule has 0 saturated carbocycles. The van der Waals surface area contributed by atoms with E-state index in [9.17, 15) is 19.1 Å². The first kappa shape index (κ1) is 23.4. The van der Waals surface area contributed by atoms with E-state index in [2.05, 4.69) is 27.6 Å². The topological polar surface area (TPSA) is 79.7 Å². The number of thiazole rings is 1. The van der Waals surface area contributed by atoms with Crippen LogP contribution in [0.2, 0.25) is 0 Å². The largest absolute Gasteiger partial charge is 0.507 e. The number of nitrogens with zero attached hydrogens (tertiary/aromatic N) is 2. The van der Waals surface area contributed by atoms with Gasteiger partial charge >= 0.3 is 5.91 Å². The number of carbonyl (C=O) groups is 2. The monoisotopic (exact) mass is 600 g/mol. The molecule has 1 saturated heterocycles. The fourth-order valence-electron chi connectivity index (χ4n) is 4.03. The molecule has 1 aromatic heterocycles. The molecule has 1 atom stereocenters. The van der Waals surface area contributed by atoms with Crippen LogP contribution in [-0.2, 0) is 9.59 Å². The van der Waals surface area contributed by atoms with Crippen LogP contribution in [0.15, 0.2) is 72.3 Å². The number of hydrogen-bond donors (Lipinski definition) is 1. The van der Waals surface area contributed by atoms with Gasteiger partial charge < -0.3 is 9.84 Å². The number of ether oxygens (including phenoxy) is 1. The van der Waals surface area contributed by atoms with Crippen LogP contribution >= 0.6 is 33.9 Å². The number of aliphatic hydroxyl groups excluding tert-OH is 1. The third-order valence-corrected chi connectivity index (χ3v) is 7.33. The first-order valence-electron chi connectivity index (χ1n) is 10.7. The van der Waals surface area contributed by atoms with Crippen LogP contribution in [-0.4, -0.2) is 28.4 Å². The number of anilines is 1. The van der Waals surface area contributed by atoms with Gasteiger partial charge in [-0.05, 0) is 77.5 Å². The summed E-state index contributed by atoms with van der Waals surface area (Å²) in [5.74, 6) is -1.82. The lowest BCUT2D eigenvalue weighted by molar-refractivity contribution is -0.132. The Morgan fingerprint density at radius 3 is 2.66 bits per heavy atom. The summed E-state index contributed by atoms with van der Waals surface area (Å²) in [5, 5.41) is 11.5. The Morgan fingerprint density at radius 1 is 1.14 bits per heavy atom. The molecular weight excluding hydrogens is 582 g/mol. The van der Waals surface area contributed by atoms with Crippen LogP contribution < -0.4 is 9.64 Å². The van der Waals surface area contributed by atoms with Gasteiger partial charge in [0.15, 0.2) is 5.13 Å². The van der Waals surface area contributed by atoms with Crippen molar-refractivity contribution in [2.45, 2.75) is 13.0 Å². The van der Waals surface area contributed by atoms with Gasteiger partial charge in [0.1, 0.15) is 17.3 Å². The maximum absolute atomic E-state index is 13.8. The zero-order chi connectivity index (χ0) is 24.7. The molecule has 176 valence electrons. The Balaban J connectivity index is 1.71. The van der Waals surface area contributed by atoms with Gasteiger partial charge in [-0.2, -0.15) is 0 Å². The van der Waals surface area contributed by atoms with Crippen molar-refractivity contribution in [2.24, 2.45) is 0 Å². The predicted molar refractivity (Wildman–Crippen MR) is 141 cm³/mol. The summed E-state index contributed by atoms with van der Waals surface area (Å²) in [7, 11) is 0. The van der Waals surface area contributed by atoms with Gasteiger partial charge in [-0.15, -0.1) is 0 Å². The zero-order valence-electron chi connectivity index (χ0n) is 18.4. The Labute approximate surface area is 217 Å². The number of ketones is 1. The van der Waals surface area contributed by atoms with E-state index in [1.807, 2.05) is 31.2 Å². The van der Waals surface area contributed by atoms with E-state index < -0.39 is 23.5 Å². The molecule has 1 amide bonds. The highest BCUT2D eigenvalue weighted by Gasteiger charge is 2.48. The van der Waals surface area contributed by atoms with Crippen LogP contribution in [0.1, 0.15) is 24.1 Å². The minimum absolute atomic E-state index is 0.0460. The number of aromatic nitrogens is 1. The Morgan fingerprint density at radius 2 is 1.91 bits per heavy atom. The second-order valence-corrected chi connectivity index (χ2v) is 10.0. The number of carbonyl (C=O) groups excluding carboxylic acids is 2. The van der Waals surface area contributed by atoms with E-state index >= 15 is 0 Å². The van der Waals surface area contributed by atoms with E-state index in [4.69, 9.17) is 4.74 Å². The van der Waals surface area contributed by atoms with E-state index in [1.54, 1.807) is 24.3 Å². The fourth-order valence-corrected chi connectivity index (χ4v) is 5.41. The van der Waals surface area contributed by atoms with Gasteiger partial charge in [-0.25, -0.2) is 9.37 Å². The summed E-state index contributed by atoms with van der Waals surface area (Å²) in [4.78, 5) is 32.4. The Bertz CT molecular complexity index is 1500. The van der Waals surface area contributed by atoms with Gasteiger partial charge in [0.2, 0.25) is 0 Å². The Kier molecular flexibility index (Phi) is 6.28. The van der Waals surface area contributed by atoms with E-state index in [1.165, 1.54) is 23.1 Å². The third kappa shape index (κ3) is 4.30. The number of rotatable bonds is 5. The molecule has 1 unspecified atom stereocenters. The summed E-state index contributed by atoms with van der Waals surface area (Å²) >= 11 is 3.28. The normalized spacial score (nSPS) is 17.3. The molecule has 9 heteroatoms. The molecular formula is C26H18FIN2O4S. The highest BCUT2D eigenvalue weighted by atomic mass is 127. The van der Waals surface area contributed by atoms with Crippen LogP contribution in [0.4, 0.5) is 9.52 Å². The summed E-state index contributed by atoms with van der Waals surface area (Å²) in [6, 6.07) is 17.3. The van der Waals surface area contributed by atoms with Crippen LogP contribution in [0.3, 0.4) is 0 Å². The summed E-state index contributed by atoms with van der Waals surface area (Å²) in [6.07, 6.45) is 0. The molecule has 35 heavy (non-hydrogen) atoms. The van der Waals surface area contributed by atoms with Gasteiger partial charge in [-0.3, -0.25) is 14.5 Å². The first-order chi connectivity index (χ1) is 16.9. The molecule has 1 aliphatic rings. The average molecular weight is 600 g/mol. The van der Waals surface area contributed by atoms with Crippen molar-refractivity contribution in [3.05, 3.63) is 92.8 Å². The molecule has 6 nitrogen and oxygen atoms in total. The lowest BCUT2D eigenvalue weighted by Gasteiger charge is -2.23. The quantitative estimate of drug-likeness (QED) is 0.130. The van der Waals surface area contributed by atoms with E-state index in [-0.39, 0.29) is 16.5 Å². The molecule has 5 rings (SSSR count). The average Bonchev–Trinajstić information content (AvgIpc) is 3.37. The molecule has 4 aromatic rings. The maximum Gasteiger partial charge on any atom is 0.301 e. The van der Waals surface area contributed by atoms with Crippen LogP contribution in [0, 0.1) is 9.39 Å². The Hall–Kier alpha value is -3.31. The smallest absolute Gasteiger partial charge is 0.301 e. The van der Waals surface area contributed by atoms with Gasteiger partial charge in [0.25, 0.3) is 5.78 Å². The summed E-state index contributed by atoms with van der Waals surface area (Å²) in [6.45, 7) is 2.29. The first-order valence-corrected chi connectivity index (χ1v) is 12.6. The van der Waals surface area contributed by atoms with Gasteiger partial charge in [0, 0.05) is 9.13 Å².